The van der Waals surface area contributed by atoms with Gasteiger partial charge in [-0.3, -0.25) is 18.6 Å². The summed E-state index contributed by atoms with van der Waals surface area (Å²) in [6.45, 7) is 12.0. The Hall–Kier alpha value is -6.99. The maximum absolute atomic E-state index is 13.8. The Bertz CT molecular complexity index is 3030. The highest BCUT2D eigenvalue weighted by Crippen LogP contribution is 2.53. The minimum absolute atomic E-state index is 0.224. The number of fused-ring (bicyclic) bond motifs is 2. The molecule has 27 heteroatoms. The molecule has 0 saturated carbocycles. The number of nitrogen functional groups attached to an aromatic ring is 2. The number of esters is 2. The van der Waals surface area contributed by atoms with Gasteiger partial charge in [0.1, 0.15) is 82.9 Å². The molecule has 0 radical (unpaired) electrons. The predicted octanol–water partition coefficient (Wildman–Crippen LogP) is 6.16. The fourth-order valence-corrected chi connectivity index (χ4v) is 11.6. The van der Waals surface area contributed by atoms with Crippen molar-refractivity contribution in [3.63, 3.8) is 0 Å². The molecule has 4 aromatic heterocycles. The molecule has 2 aliphatic rings. The zero-order valence-corrected chi connectivity index (χ0v) is 45.8. The largest absolute Gasteiger partial charge is 0.462 e. The summed E-state index contributed by atoms with van der Waals surface area (Å²) in [5.74, 6) is -0.604. The molecule has 0 aliphatic carbocycles. The van der Waals surface area contributed by atoms with Gasteiger partial charge in [0.25, 0.3) is 0 Å². The molecular formula is C51H63N11O14P2. The van der Waals surface area contributed by atoms with Gasteiger partial charge in [-0.25, -0.2) is 23.1 Å². The Balaban J connectivity index is 0.000000226. The highest BCUT2D eigenvalue weighted by Gasteiger charge is 2.57. The number of aromatic nitrogens is 5. The number of carbonyl (C=O) groups is 2. The lowest BCUT2D eigenvalue weighted by molar-refractivity contribution is -0.150. The van der Waals surface area contributed by atoms with Crippen molar-refractivity contribution in [2.75, 3.05) is 24.7 Å². The monoisotopic (exact) mass is 1120 g/mol. The first-order valence-corrected chi connectivity index (χ1v) is 27.8. The fraction of sp³-hybridized carbons (Fsp3) is 0.431. The molecule has 2 saturated heterocycles. The van der Waals surface area contributed by atoms with Crippen molar-refractivity contribution in [3.8, 4) is 23.6 Å². The van der Waals surface area contributed by atoms with Crippen molar-refractivity contribution in [2.45, 2.75) is 116 Å². The van der Waals surface area contributed by atoms with Gasteiger partial charge in [0.2, 0.25) is 0 Å². The van der Waals surface area contributed by atoms with Gasteiger partial charge >= 0.3 is 27.4 Å². The van der Waals surface area contributed by atoms with E-state index in [2.05, 4.69) is 37.5 Å². The van der Waals surface area contributed by atoms with Crippen LogP contribution in [0.2, 0.25) is 0 Å². The number of nitrogens with zero attached hydrogens (tertiary/aromatic N) is 7. The summed E-state index contributed by atoms with van der Waals surface area (Å²) in [5, 5.41) is 56.1. The summed E-state index contributed by atoms with van der Waals surface area (Å²) >= 11 is 0. The van der Waals surface area contributed by atoms with Crippen LogP contribution in [0.3, 0.4) is 0 Å². The number of aliphatic hydroxyl groups excluding tert-OH is 2. The van der Waals surface area contributed by atoms with Crippen molar-refractivity contribution in [2.24, 2.45) is 10.8 Å². The molecule has 0 amide bonds. The third-order valence-electron chi connectivity index (χ3n) is 12.7. The first kappa shape index (κ1) is 58.7. The topological polar surface area (TPSA) is 354 Å². The van der Waals surface area contributed by atoms with Crippen molar-refractivity contribution < 1.29 is 66.0 Å². The molecular weight excluding hydrogens is 1050 g/mol. The molecule has 8 rings (SSSR count). The molecule has 0 bridgehead atoms. The highest BCUT2D eigenvalue weighted by molar-refractivity contribution is 7.52. The van der Waals surface area contributed by atoms with Crippen LogP contribution >= 0.6 is 15.5 Å². The number of aliphatic hydroxyl groups is 2. The summed E-state index contributed by atoms with van der Waals surface area (Å²) in [4.78, 5) is 28.7. The van der Waals surface area contributed by atoms with Crippen LogP contribution in [0.5, 0.6) is 11.5 Å². The van der Waals surface area contributed by atoms with E-state index < -0.39 is 100 Å². The zero-order valence-electron chi connectivity index (χ0n) is 44.0. The van der Waals surface area contributed by atoms with Crippen LogP contribution in [-0.4, -0.2) is 108 Å². The van der Waals surface area contributed by atoms with E-state index >= 15 is 0 Å². The van der Waals surface area contributed by atoms with Gasteiger partial charge in [-0.15, -0.1) is 0 Å². The number of nitrogens with one attached hydrogen (secondary N) is 2. The Morgan fingerprint density at radius 2 is 1.10 bits per heavy atom. The van der Waals surface area contributed by atoms with E-state index in [4.69, 9.17) is 48.5 Å². The van der Waals surface area contributed by atoms with E-state index in [0.717, 1.165) is 0 Å². The van der Waals surface area contributed by atoms with Crippen LogP contribution < -0.4 is 30.7 Å². The number of anilines is 2. The number of hydrogen-bond donors (Lipinski definition) is 6. The first-order chi connectivity index (χ1) is 36.9. The molecule has 0 spiro atoms. The van der Waals surface area contributed by atoms with Gasteiger partial charge in [0.15, 0.2) is 5.82 Å². The molecule has 416 valence electrons. The first-order valence-electron chi connectivity index (χ1n) is 24.7. The molecule has 2 aromatic carbocycles. The minimum atomic E-state index is -4.22. The predicted molar refractivity (Wildman–Crippen MR) is 281 cm³/mol. The average molecular weight is 1120 g/mol. The van der Waals surface area contributed by atoms with Crippen LogP contribution in [0.1, 0.15) is 79.0 Å². The second kappa shape index (κ2) is 24.4. The Morgan fingerprint density at radius 1 is 0.679 bits per heavy atom. The van der Waals surface area contributed by atoms with Crippen molar-refractivity contribution in [1.29, 1.82) is 10.5 Å². The van der Waals surface area contributed by atoms with Gasteiger partial charge in [0, 0.05) is 6.20 Å². The van der Waals surface area contributed by atoms with E-state index in [1.165, 1.54) is 30.9 Å². The van der Waals surface area contributed by atoms with Crippen molar-refractivity contribution >= 4 is 50.0 Å². The van der Waals surface area contributed by atoms with Gasteiger partial charge < -0.3 is 49.7 Å². The molecule has 6 aromatic rings. The maximum atomic E-state index is 13.8. The minimum Gasteiger partial charge on any atom is -0.462 e. The summed E-state index contributed by atoms with van der Waals surface area (Å²) in [6.07, 6.45) is -4.64. The van der Waals surface area contributed by atoms with Crippen molar-refractivity contribution in [3.05, 3.63) is 115 Å². The van der Waals surface area contributed by atoms with Gasteiger partial charge in [0.05, 0.1) is 60.2 Å². The van der Waals surface area contributed by atoms with Crippen LogP contribution in [0.15, 0.2) is 104 Å². The smallest absolute Gasteiger partial charge is 0.459 e. The normalized spacial score (nSPS) is 25.2. The Morgan fingerprint density at radius 3 is 1.53 bits per heavy atom. The molecule has 25 nitrogen and oxygen atoms in total. The number of para-hydroxylation sites is 2. The third-order valence-corrected chi connectivity index (χ3v) is 15.9. The lowest BCUT2D eigenvalue weighted by Gasteiger charge is -2.26. The second-order valence-corrected chi connectivity index (χ2v) is 22.8. The lowest BCUT2D eigenvalue weighted by atomic mass is 9.79. The molecule has 6 heterocycles. The SMILES string of the molecule is CC(C)OC(=O)[C@H](C)N[P@](=O)(OC[C@H]1O[C@@H](c2ccc3c(N)ccnn23)[C@](C)(C#N)[C@@H]1O)Oc1ccccc1.CC(C)OC(=O)[C@H](C)N[P@](=O)(OC[C@H]1O[C@@H](c2ccc3c(N)ncnn23)[C@](C)(C#N)[C@@H]1O)Oc1ccccc1. The van der Waals surface area contributed by atoms with Gasteiger partial charge in [-0.2, -0.15) is 30.9 Å². The zero-order chi connectivity index (χ0) is 56.7. The fourth-order valence-electron chi connectivity index (χ4n) is 8.57. The number of nitriles is 2. The van der Waals surface area contributed by atoms with E-state index in [1.807, 2.05) is 0 Å². The van der Waals surface area contributed by atoms with Crippen LogP contribution in [0, 0.1) is 33.5 Å². The second-order valence-electron chi connectivity index (χ2n) is 19.4. The number of carbonyl (C=O) groups excluding carboxylic acids is 2. The Labute approximate surface area is 449 Å². The number of rotatable bonds is 20. The molecule has 8 N–H and O–H groups in total. The van der Waals surface area contributed by atoms with Crippen LogP contribution in [0.4, 0.5) is 11.5 Å². The highest BCUT2D eigenvalue weighted by atomic mass is 31.2. The quantitative estimate of drug-likeness (QED) is 0.0368. The number of hydrogen-bond acceptors (Lipinski definition) is 21. The Kier molecular flexibility index (Phi) is 18.3. The average Bonchev–Trinajstić information content (AvgIpc) is 4.27. The molecule has 2 aliphatic heterocycles. The van der Waals surface area contributed by atoms with Crippen LogP contribution in [-0.2, 0) is 46.7 Å². The molecule has 2 fully saturated rings. The van der Waals surface area contributed by atoms with E-state index in [0.29, 0.717) is 28.1 Å². The summed E-state index contributed by atoms with van der Waals surface area (Å²) in [6, 6.07) is 27.3. The maximum Gasteiger partial charge on any atom is 0.459 e. The van der Waals surface area contributed by atoms with Crippen LogP contribution in [0.25, 0.3) is 11.0 Å². The third kappa shape index (κ3) is 12.9. The van der Waals surface area contributed by atoms with E-state index in [-0.39, 0.29) is 29.5 Å². The molecule has 12 atom stereocenters. The number of ether oxygens (including phenoxy) is 4. The summed E-state index contributed by atoms with van der Waals surface area (Å²) in [5.41, 5.74) is 11.8. The summed E-state index contributed by atoms with van der Waals surface area (Å²) < 4.78 is 76.0. The van der Waals surface area contributed by atoms with Crippen molar-refractivity contribution in [1.82, 2.24) is 34.4 Å². The van der Waals surface area contributed by atoms with Gasteiger partial charge in [-0.05, 0) is 110 Å². The molecule has 0 unspecified atom stereocenters. The van der Waals surface area contributed by atoms with Gasteiger partial charge in [-0.1, -0.05) is 36.4 Å². The van der Waals surface area contributed by atoms with E-state index in [1.54, 1.807) is 137 Å². The number of benzene rings is 2. The molecule has 78 heavy (non-hydrogen) atoms. The standard InChI is InChI=1S/C26H32N5O7P.C25H31N6O7P/c1-16(2)36-25(33)17(3)30-39(34,38-18-8-6-5-7-9-18)35-14-22-23(32)26(4,15-27)24(37-22)21-11-10-20-19(28)12-13-29-31(20)21;1-15(2)36-24(33)16(3)30-39(34,38-17-8-6-5-7-9-17)35-12-20-21(32)25(4,13-26)22(37-20)18-10-11-19-23(27)28-14-29-31(18)19/h5-13,16-17,22-24,32H,14,28H2,1-4H3,(H,30,34);5-11,14-16,20-22,32H,12H2,1-4H3,(H,30,34)(H2,27,28,29)/t17-,22+,23+,24-,26+,39-;16-,20+,21+,22-,25+,39-/m00/s1. The summed E-state index contributed by atoms with van der Waals surface area (Å²) in [7, 11) is -8.42. The van der Waals surface area contributed by atoms with E-state index in [9.17, 15) is 39.5 Å². The number of nitrogens with two attached hydrogens (primary N) is 2. The lowest BCUT2D eigenvalue weighted by Crippen LogP contribution is -2.39.